The predicted octanol–water partition coefficient (Wildman–Crippen LogP) is 17.0. The third kappa shape index (κ3) is 6.79. The fourth-order valence-electron chi connectivity index (χ4n) is 9.85. The number of nitrogens with zero attached hydrogens (tertiary/aromatic N) is 1. The maximum atomic E-state index is 2.57. The van der Waals surface area contributed by atoms with Gasteiger partial charge in [-0.3, -0.25) is 0 Å². The Morgan fingerprint density at radius 3 is 1.75 bits per heavy atom. The van der Waals surface area contributed by atoms with E-state index in [1.165, 1.54) is 109 Å². The molecule has 9 aromatic rings. The van der Waals surface area contributed by atoms with Gasteiger partial charge in [0.1, 0.15) is 0 Å². The fraction of sp³-hybridized carbons (Fsp3) is 0.172. The molecule has 59 heavy (non-hydrogen) atoms. The molecule has 1 saturated carbocycles. The summed E-state index contributed by atoms with van der Waals surface area (Å²) in [6, 6.07) is 70.4. The monoisotopic (exact) mass is 761 g/mol. The molecule has 0 saturated heterocycles. The first kappa shape index (κ1) is 36.9. The van der Waals surface area contributed by atoms with E-state index < -0.39 is 0 Å². The summed E-state index contributed by atoms with van der Waals surface area (Å²) in [6.07, 6.45) is 6.48. The van der Waals surface area contributed by atoms with Gasteiger partial charge in [-0.1, -0.05) is 204 Å². The normalized spacial score (nSPS) is 13.6. The van der Waals surface area contributed by atoms with Crippen LogP contribution in [0.25, 0.3) is 65.7 Å². The average molecular weight is 762 g/mol. The molecule has 1 fully saturated rings. The van der Waals surface area contributed by atoms with Gasteiger partial charge in [0.15, 0.2) is 0 Å². The van der Waals surface area contributed by atoms with E-state index >= 15 is 0 Å². The molecule has 0 N–H and O–H groups in total. The Morgan fingerprint density at radius 2 is 0.983 bits per heavy atom. The molecule has 0 radical (unpaired) electrons. The molecular formula is C58H51N. The highest BCUT2D eigenvalue weighted by Crippen LogP contribution is 2.51. The second-order valence-corrected chi connectivity index (χ2v) is 17.5. The van der Waals surface area contributed by atoms with Gasteiger partial charge in [-0.25, -0.2) is 0 Å². The molecule has 1 nitrogen and oxygen atoms in total. The van der Waals surface area contributed by atoms with Gasteiger partial charge in [0.05, 0.1) is 17.1 Å². The van der Waals surface area contributed by atoms with Crippen LogP contribution in [-0.2, 0) is 5.41 Å². The largest absolute Gasteiger partial charge is 0.309 e. The molecule has 10 rings (SSSR count). The first-order valence-corrected chi connectivity index (χ1v) is 21.5. The maximum Gasteiger partial charge on any atom is 0.0540 e. The van der Waals surface area contributed by atoms with Crippen LogP contribution in [0.3, 0.4) is 0 Å². The quantitative estimate of drug-likeness (QED) is 0.146. The predicted molar refractivity (Wildman–Crippen MR) is 254 cm³/mol. The molecule has 0 spiro atoms. The zero-order chi connectivity index (χ0) is 39.9. The number of anilines is 3. The van der Waals surface area contributed by atoms with Crippen molar-refractivity contribution in [1.82, 2.24) is 0 Å². The van der Waals surface area contributed by atoms with Crippen molar-refractivity contribution in [3.8, 4) is 33.4 Å². The number of fused-ring (bicyclic) bond motifs is 4. The highest BCUT2D eigenvalue weighted by atomic mass is 15.1. The Morgan fingerprint density at radius 1 is 0.407 bits per heavy atom. The van der Waals surface area contributed by atoms with E-state index in [4.69, 9.17) is 0 Å². The summed E-state index contributed by atoms with van der Waals surface area (Å²) in [5.41, 5.74) is 13.6. The second-order valence-electron chi connectivity index (χ2n) is 17.5. The number of para-hydroxylation sites is 2. The Balaban J connectivity index is 1.28. The first-order valence-electron chi connectivity index (χ1n) is 21.5. The lowest BCUT2D eigenvalue weighted by Crippen LogP contribution is -2.16. The number of hydrogen-bond acceptors (Lipinski definition) is 1. The van der Waals surface area contributed by atoms with Crippen LogP contribution in [0.4, 0.5) is 17.1 Å². The van der Waals surface area contributed by atoms with E-state index in [1.54, 1.807) is 0 Å². The van der Waals surface area contributed by atoms with Crippen molar-refractivity contribution in [2.45, 2.75) is 64.2 Å². The van der Waals surface area contributed by atoms with Gasteiger partial charge in [-0.05, 0) is 109 Å². The molecule has 0 amide bonds. The minimum absolute atomic E-state index is 0.0209. The van der Waals surface area contributed by atoms with Gasteiger partial charge < -0.3 is 4.90 Å². The van der Waals surface area contributed by atoms with Crippen LogP contribution in [0, 0.1) is 0 Å². The van der Waals surface area contributed by atoms with Crippen molar-refractivity contribution >= 4 is 49.4 Å². The molecule has 1 heteroatoms. The Bertz CT molecular complexity index is 2950. The minimum Gasteiger partial charge on any atom is -0.309 e. The van der Waals surface area contributed by atoms with Gasteiger partial charge in [0.25, 0.3) is 0 Å². The zero-order valence-electron chi connectivity index (χ0n) is 34.5. The van der Waals surface area contributed by atoms with Crippen LogP contribution in [0.5, 0.6) is 0 Å². The highest BCUT2D eigenvalue weighted by molar-refractivity contribution is 6.14. The van der Waals surface area contributed by atoms with Gasteiger partial charge in [0.2, 0.25) is 0 Å². The smallest absolute Gasteiger partial charge is 0.0540 e. The van der Waals surface area contributed by atoms with E-state index in [-0.39, 0.29) is 5.41 Å². The molecule has 0 heterocycles. The van der Waals surface area contributed by atoms with E-state index in [1.807, 2.05) is 0 Å². The summed E-state index contributed by atoms with van der Waals surface area (Å²) < 4.78 is 0. The average Bonchev–Trinajstić information content (AvgIpc) is 3.29. The molecule has 288 valence electrons. The summed E-state index contributed by atoms with van der Waals surface area (Å²) in [5.74, 6) is 0.578. The fourth-order valence-corrected chi connectivity index (χ4v) is 9.85. The maximum absolute atomic E-state index is 2.57. The van der Waals surface area contributed by atoms with Gasteiger partial charge in [-0.2, -0.15) is 0 Å². The molecule has 1 aliphatic carbocycles. The first-order chi connectivity index (χ1) is 28.9. The molecule has 0 aromatic heterocycles. The van der Waals surface area contributed by atoms with Crippen LogP contribution in [-0.4, -0.2) is 0 Å². The Hall–Kier alpha value is -6.44. The van der Waals surface area contributed by atoms with Crippen molar-refractivity contribution in [2.75, 3.05) is 4.90 Å². The van der Waals surface area contributed by atoms with Crippen LogP contribution in [0.15, 0.2) is 188 Å². The standard InChI is InChI=1S/C58H51N/c1-58(2,3)44-36-38-56(53(39-44)41-21-8-5-9-22-41)59(54-33-14-12-27-50(54)48-31-18-30-47-45-26-11-10-23-42(45)35-37-49(47)48)55-34-15-13-28-51(55)52-32-17-25-43-24-16-29-46(57(43)52)40-19-6-4-7-20-40/h5,8-18,21-40H,4,6-7,19-20H2,1-3H3. The summed E-state index contributed by atoms with van der Waals surface area (Å²) in [5, 5.41) is 7.78. The Labute approximate surface area is 349 Å². The van der Waals surface area contributed by atoms with Gasteiger partial charge >= 0.3 is 0 Å². The summed E-state index contributed by atoms with van der Waals surface area (Å²) >= 11 is 0. The van der Waals surface area contributed by atoms with Crippen molar-refractivity contribution in [3.63, 3.8) is 0 Å². The van der Waals surface area contributed by atoms with E-state index in [0.29, 0.717) is 5.92 Å². The highest BCUT2D eigenvalue weighted by Gasteiger charge is 2.27. The third-order valence-electron chi connectivity index (χ3n) is 12.8. The van der Waals surface area contributed by atoms with Crippen LogP contribution in [0.1, 0.15) is 69.9 Å². The van der Waals surface area contributed by atoms with Crippen LogP contribution >= 0.6 is 0 Å². The molecule has 0 aliphatic heterocycles. The molecule has 9 aromatic carbocycles. The van der Waals surface area contributed by atoms with Crippen molar-refractivity contribution < 1.29 is 0 Å². The lowest BCUT2D eigenvalue weighted by molar-refractivity contribution is 0.445. The van der Waals surface area contributed by atoms with Crippen molar-refractivity contribution in [2.24, 2.45) is 0 Å². The third-order valence-corrected chi connectivity index (χ3v) is 12.8. The summed E-state index contributed by atoms with van der Waals surface area (Å²) in [7, 11) is 0. The summed E-state index contributed by atoms with van der Waals surface area (Å²) in [4.78, 5) is 2.57. The lowest BCUT2D eigenvalue weighted by Gasteiger charge is -2.33. The topological polar surface area (TPSA) is 3.24 Å². The number of hydrogen-bond donors (Lipinski definition) is 0. The van der Waals surface area contributed by atoms with Crippen LogP contribution in [0.2, 0.25) is 0 Å². The van der Waals surface area contributed by atoms with Gasteiger partial charge in [0, 0.05) is 16.7 Å². The summed E-state index contributed by atoms with van der Waals surface area (Å²) in [6.45, 7) is 6.94. The number of rotatable bonds is 7. The Kier molecular flexibility index (Phi) is 9.61. The molecule has 0 bridgehead atoms. The number of benzene rings is 9. The van der Waals surface area contributed by atoms with E-state index in [0.717, 1.165) is 17.1 Å². The second kappa shape index (κ2) is 15.4. The minimum atomic E-state index is -0.0209. The van der Waals surface area contributed by atoms with Crippen LogP contribution < -0.4 is 4.90 Å². The molecule has 1 aliphatic rings. The zero-order valence-corrected chi connectivity index (χ0v) is 34.5. The van der Waals surface area contributed by atoms with E-state index in [9.17, 15) is 0 Å². The molecule has 0 atom stereocenters. The van der Waals surface area contributed by atoms with Gasteiger partial charge in [-0.15, -0.1) is 0 Å². The molecular weight excluding hydrogens is 711 g/mol. The lowest BCUT2D eigenvalue weighted by atomic mass is 9.80. The van der Waals surface area contributed by atoms with Crippen molar-refractivity contribution in [3.05, 3.63) is 199 Å². The molecule has 0 unspecified atom stereocenters. The van der Waals surface area contributed by atoms with Crippen molar-refractivity contribution in [1.29, 1.82) is 0 Å². The SMILES string of the molecule is CC(C)(C)c1ccc(N(c2ccccc2-c2cccc3c2ccc2ccccc23)c2ccccc2-c2cccc3cccc(C4CCCCC4)c23)c(-c2ccccc2)c1. The van der Waals surface area contributed by atoms with E-state index in [2.05, 4.69) is 214 Å².